The lowest BCUT2D eigenvalue weighted by molar-refractivity contribution is -0.139. The molecule has 0 radical (unpaired) electrons. The smallest absolute Gasteiger partial charge is 0.295 e. The van der Waals surface area contributed by atoms with Crippen molar-refractivity contribution in [2.24, 2.45) is 0 Å². The number of aliphatic hydroxyl groups excluding tert-OH is 1. The van der Waals surface area contributed by atoms with E-state index in [1.165, 1.54) is 0 Å². The van der Waals surface area contributed by atoms with Crippen molar-refractivity contribution in [3.63, 3.8) is 0 Å². The molecule has 1 amide bonds. The number of amides is 1. The van der Waals surface area contributed by atoms with Gasteiger partial charge in [-0.25, -0.2) is 0 Å². The van der Waals surface area contributed by atoms with Crippen LogP contribution in [-0.2, 0) is 9.59 Å². The summed E-state index contributed by atoms with van der Waals surface area (Å²) in [5.41, 5.74) is 1.28. The summed E-state index contributed by atoms with van der Waals surface area (Å²) in [6.45, 7) is 6.40. The van der Waals surface area contributed by atoms with Crippen molar-refractivity contribution in [1.29, 1.82) is 0 Å². The molecule has 2 aromatic carbocycles. The first-order valence-corrected chi connectivity index (χ1v) is 11.1. The van der Waals surface area contributed by atoms with Gasteiger partial charge in [-0.3, -0.25) is 9.59 Å². The summed E-state index contributed by atoms with van der Waals surface area (Å²) in [7, 11) is 1.56. The van der Waals surface area contributed by atoms with Crippen LogP contribution in [-0.4, -0.2) is 41.5 Å². The van der Waals surface area contributed by atoms with Gasteiger partial charge in [0.25, 0.3) is 11.7 Å². The van der Waals surface area contributed by atoms with Crippen LogP contribution in [0.15, 0.2) is 54.1 Å². The van der Waals surface area contributed by atoms with Crippen molar-refractivity contribution in [3.8, 4) is 11.5 Å². The van der Waals surface area contributed by atoms with Gasteiger partial charge in [0.1, 0.15) is 17.3 Å². The molecule has 2 aromatic rings. The maximum atomic E-state index is 13.1. The Morgan fingerprint density at radius 1 is 1.06 bits per heavy atom. The third-order valence-corrected chi connectivity index (χ3v) is 5.45. The molecule has 1 aliphatic rings. The Morgan fingerprint density at radius 2 is 1.78 bits per heavy atom. The minimum atomic E-state index is -0.676. The molecule has 6 heteroatoms. The fraction of sp³-hybridized carbons (Fsp3) is 0.385. The minimum absolute atomic E-state index is 0.0135. The quantitative estimate of drug-likeness (QED) is 0.256. The van der Waals surface area contributed by atoms with Gasteiger partial charge in [-0.2, -0.15) is 0 Å². The van der Waals surface area contributed by atoms with E-state index in [-0.39, 0.29) is 17.4 Å². The summed E-state index contributed by atoms with van der Waals surface area (Å²) in [6, 6.07) is 13.5. The molecule has 1 fully saturated rings. The molecule has 0 saturated carbocycles. The third-order valence-electron chi connectivity index (χ3n) is 5.45. The first-order chi connectivity index (χ1) is 15.4. The number of ketones is 1. The van der Waals surface area contributed by atoms with Crippen LogP contribution < -0.4 is 9.47 Å². The molecule has 1 heterocycles. The predicted octanol–water partition coefficient (Wildman–Crippen LogP) is 5.09. The molecule has 32 heavy (non-hydrogen) atoms. The molecule has 1 aliphatic heterocycles. The van der Waals surface area contributed by atoms with Crippen molar-refractivity contribution in [1.82, 2.24) is 4.90 Å². The number of rotatable bonds is 9. The number of hydrogen-bond donors (Lipinski definition) is 1. The van der Waals surface area contributed by atoms with Gasteiger partial charge in [-0.15, -0.1) is 0 Å². The van der Waals surface area contributed by atoms with Crippen LogP contribution >= 0.6 is 0 Å². The van der Waals surface area contributed by atoms with Crippen LogP contribution in [0.4, 0.5) is 0 Å². The maximum absolute atomic E-state index is 13.1. The Hall–Kier alpha value is -3.28. The van der Waals surface area contributed by atoms with E-state index in [0.717, 1.165) is 24.8 Å². The minimum Gasteiger partial charge on any atom is -0.507 e. The van der Waals surface area contributed by atoms with Crippen molar-refractivity contribution in [2.75, 3.05) is 13.7 Å². The van der Waals surface area contributed by atoms with Crippen LogP contribution in [0.1, 0.15) is 57.2 Å². The Morgan fingerprint density at radius 3 is 2.41 bits per heavy atom. The van der Waals surface area contributed by atoms with Crippen molar-refractivity contribution >= 4 is 17.4 Å². The molecular weight excluding hydrogens is 406 g/mol. The number of aliphatic hydroxyl groups is 1. The van der Waals surface area contributed by atoms with Crippen molar-refractivity contribution in [3.05, 3.63) is 65.2 Å². The lowest BCUT2D eigenvalue weighted by atomic mass is 9.95. The molecule has 1 unspecified atom stereocenters. The second-order valence-corrected chi connectivity index (χ2v) is 8.17. The molecule has 0 aromatic heterocycles. The second kappa shape index (κ2) is 10.4. The van der Waals surface area contributed by atoms with E-state index in [2.05, 4.69) is 6.92 Å². The van der Waals surface area contributed by atoms with Gasteiger partial charge in [0.05, 0.1) is 24.8 Å². The first kappa shape index (κ1) is 23.4. The summed E-state index contributed by atoms with van der Waals surface area (Å²) < 4.78 is 11.0. The van der Waals surface area contributed by atoms with E-state index >= 15 is 0 Å². The maximum Gasteiger partial charge on any atom is 0.295 e. The molecule has 3 rings (SSSR count). The number of unbranched alkanes of at least 4 members (excludes halogenated alkanes) is 2. The number of carbonyl (C=O) groups excluding carboxylic acids is 2. The Labute approximate surface area is 189 Å². The zero-order chi connectivity index (χ0) is 23.3. The summed E-state index contributed by atoms with van der Waals surface area (Å²) >= 11 is 0. The van der Waals surface area contributed by atoms with Gasteiger partial charge >= 0.3 is 0 Å². The number of Topliss-reactive ketones (excluding diaryl/α,β-unsaturated/α-hetero) is 1. The standard InChI is InChI=1S/C26H31NO5/c1-5-6-7-15-27-23(19-9-8-10-21(16-19)32-17(2)3)22(25(29)26(27)30)24(28)18-11-13-20(31-4)14-12-18/h8-14,16-17,23,28H,5-7,15H2,1-4H3/b24-22-. The predicted molar refractivity (Wildman–Crippen MR) is 124 cm³/mol. The number of methoxy groups -OCH3 is 1. The average molecular weight is 438 g/mol. The van der Waals surface area contributed by atoms with Crippen LogP contribution in [0.3, 0.4) is 0 Å². The number of likely N-dealkylation sites (tertiary alicyclic amines) is 1. The number of carbonyl (C=O) groups is 2. The highest BCUT2D eigenvalue weighted by Crippen LogP contribution is 2.40. The fourth-order valence-electron chi connectivity index (χ4n) is 3.92. The summed E-state index contributed by atoms with van der Waals surface area (Å²) in [4.78, 5) is 27.6. The fourth-order valence-corrected chi connectivity index (χ4v) is 3.92. The molecule has 1 N–H and O–H groups in total. The highest BCUT2D eigenvalue weighted by atomic mass is 16.5. The van der Waals surface area contributed by atoms with Gasteiger partial charge in [-0.1, -0.05) is 31.9 Å². The molecule has 0 spiro atoms. The SMILES string of the molecule is CCCCCN1C(=O)C(=O)/C(=C(\O)c2ccc(OC)cc2)C1c1cccc(OC(C)C)c1. The normalized spacial score (nSPS) is 17.8. The lowest BCUT2D eigenvalue weighted by Crippen LogP contribution is -2.30. The summed E-state index contributed by atoms with van der Waals surface area (Å²) in [5.74, 6) is -0.159. The Kier molecular flexibility index (Phi) is 7.57. The first-order valence-electron chi connectivity index (χ1n) is 11.1. The molecule has 0 aliphatic carbocycles. The molecule has 0 bridgehead atoms. The third kappa shape index (κ3) is 4.96. The van der Waals surface area contributed by atoms with Gasteiger partial charge in [0, 0.05) is 12.1 Å². The Balaban J connectivity index is 2.10. The highest BCUT2D eigenvalue weighted by molar-refractivity contribution is 6.46. The van der Waals surface area contributed by atoms with Gasteiger partial charge in [-0.05, 0) is 62.2 Å². The van der Waals surface area contributed by atoms with Crippen LogP contribution in [0.25, 0.3) is 5.76 Å². The molecule has 1 atom stereocenters. The zero-order valence-electron chi connectivity index (χ0n) is 19.1. The second-order valence-electron chi connectivity index (χ2n) is 8.17. The van der Waals surface area contributed by atoms with E-state index in [9.17, 15) is 14.7 Å². The zero-order valence-corrected chi connectivity index (χ0v) is 19.1. The van der Waals surface area contributed by atoms with E-state index in [4.69, 9.17) is 9.47 Å². The van der Waals surface area contributed by atoms with Crippen molar-refractivity contribution < 1.29 is 24.2 Å². The summed E-state index contributed by atoms with van der Waals surface area (Å²) in [6.07, 6.45) is 2.72. The van der Waals surface area contributed by atoms with Gasteiger partial charge < -0.3 is 19.5 Å². The van der Waals surface area contributed by atoms with E-state index < -0.39 is 17.7 Å². The van der Waals surface area contributed by atoms with Gasteiger partial charge in [0.2, 0.25) is 0 Å². The van der Waals surface area contributed by atoms with Crippen LogP contribution in [0.2, 0.25) is 0 Å². The molecule has 170 valence electrons. The lowest BCUT2D eigenvalue weighted by Gasteiger charge is -2.26. The molecular formula is C26H31NO5. The van der Waals surface area contributed by atoms with Crippen molar-refractivity contribution in [2.45, 2.75) is 52.2 Å². The Bertz CT molecular complexity index is 994. The molecule has 1 saturated heterocycles. The van der Waals surface area contributed by atoms with Crippen LogP contribution in [0, 0.1) is 0 Å². The number of benzene rings is 2. The average Bonchev–Trinajstić information content (AvgIpc) is 3.03. The van der Waals surface area contributed by atoms with E-state index in [1.54, 1.807) is 36.3 Å². The summed E-state index contributed by atoms with van der Waals surface area (Å²) in [5, 5.41) is 11.1. The number of nitrogens with zero attached hydrogens (tertiary/aromatic N) is 1. The topological polar surface area (TPSA) is 76.1 Å². The number of hydrogen-bond acceptors (Lipinski definition) is 5. The molecule has 6 nitrogen and oxygen atoms in total. The van der Waals surface area contributed by atoms with Crippen LogP contribution in [0.5, 0.6) is 11.5 Å². The van der Waals surface area contributed by atoms with Gasteiger partial charge in [0.15, 0.2) is 0 Å². The monoisotopic (exact) mass is 437 g/mol. The highest BCUT2D eigenvalue weighted by Gasteiger charge is 2.45. The number of ether oxygens (including phenoxy) is 2. The van der Waals surface area contributed by atoms with E-state index in [1.807, 2.05) is 38.1 Å². The largest absolute Gasteiger partial charge is 0.507 e. The van der Waals surface area contributed by atoms with E-state index in [0.29, 0.717) is 23.6 Å².